The van der Waals surface area contributed by atoms with Crippen molar-refractivity contribution in [2.45, 2.75) is 52.1 Å². The Kier molecular flexibility index (Phi) is 5.17. The maximum atomic E-state index is 9.97. The van der Waals surface area contributed by atoms with Crippen LogP contribution in [0, 0.1) is 5.92 Å². The fourth-order valence-electron chi connectivity index (χ4n) is 2.32. The molecule has 112 valence electrons. The van der Waals surface area contributed by atoms with Crippen molar-refractivity contribution in [3.63, 3.8) is 0 Å². The molecule has 0 amide bonds. The summed E-state index contributed by atoms with van der Waals surface area (Å²) in [6.45, 7) is 7.88. The molecule has 1 aromatic heterocycles. The second-order valence-corrected chi connectivity index (χ2v) is 5.85. The summed E-state index contributed by atoms with van der Waals surface area (Å²) in [5.74, 6) is 2.55. The van der Waals surface area contributed by atoms with E-state index in [0.717, 1.165) is 43.0 Å². The molecule has 0 aliphatic heterocycles. The quantitative estimate of drug-likeness (QED) is 0.682. The summed E-state index contributed by atoms with van der Waals surface area (Å²) in [6.07, 6.45) is 4.66. The molecule has 1 heterocycles. The SMILES string of the molecule is CCCNc1ncnc(NCC(O)C2CC2)c1C(C)C. The van der Waals surface area contributed by atoms with Crippen LogP contribution < -0.4 is 10.6 Å². The highest BCUT2D eigenvalue weighted by Gasteiger charge is 2.29. The molecule has 0 bridgehead atoms. The fourth-order valence-corrected chi connectivity index (χ4v) is 2.32. The van der Waals surface area contributed by atoms with Crippen molar-refractivity contribution in [3.8, 4) is 0 Å². The Morgan fingerprint density at radius 2 is 1.90 bits per heavy atom. The second kappa shape index (κ2) is 6.88. The molecular weight excluding hydrogens is 252 g/mol. The first-order valence-corrected chi connectivity index (χ1v) is 7.64. The minimum absolute atomic E-state index is 0.267. The van der Waals surface area contributed by atoms with Gasteiger partial charge in [-0.25, -0.2) is 9.97 Å². The summed E-state index contributed by atoms with van der Waals surface area (Å²) < 4.78 is 0. The summed E-state index contributed by atoms with van der Waals surface area (Å²) in [5.41, 5.74) is 1.10. The highest BCUT2D eigenvalue weighted by atomic mass is 16.3. The number of nitrogens with zero attached hydrogens (tertiary/aromatic N) is 2. The smallest absolute Gasteiger partial charge is 0.135 e. The molecule has 1 aliphatic rings. The van der Waals surface area contributed by atoms with Crippen LogP contribution >= 0.6 is 0 Å². The first-order valence-electron chi connectivity index (χ1n) is 7.64. The van der Waals surface area contributed by atoms with E-state index in [1.807, 2.05) is 0 Å². The Labute approximate surface area is 121 Å². The summed E-state index contributed by atoms with van der Waals surface area (Å²) in [7, 11) is 0. The van der Waals surface area contributed by atoms with Gasteiger partial charge in [0, 0.05) is 18.7 Å². The number of rotatable bonds is 8. The van der Waals surface area contributed by atoms with Crippen molar-refractivity contribution in [3.05, 3.63) is 11.9 Å². The van der Waals surface area contributed by atoms with E-state index in [9.17, 15) is 5.11 Å². The molecule has 20 heavy (non-hydrogen) atoms. The molecule has 1 atom stereocenters. The minimum atomic E-state index is -0.267. The third-order valence-electron chi connectivity index (χ3n) is 3.65. The van der Waals surface area contributed by atoms with Crippen LogP contribution in [0.25, 0.3) is 0 Å². The molecule has 0 saturated heterocycles. The third kappa shape index (κ3) is 3.82. The normalized spacial score (nSPS) is 16.2. The van der Waals surface area contributed by atoms with E-state index in [1.54, 1.807) is 6.33 Å². The van der Waals surface area contributed by atoms with Crippen LogP contribution in [0.1, 0.15) is 51.5 Å². The average molecular weight is 278 g/mol. The van der Waals surface area contributed by atoms with E-state index in [-0.39, 0.29) is 6.10 Å². The molecule has 1 fully saturated rings. The fraction of sp³-hybridized carbons (Fsp3) is 0.733. The average Bonchev–Trinajstić information content (AvgIpc) is 3.26. The summed E-state index contributed by atoms with van der Waals surface area (Å²) in [6, 6.07) is 0. The van der Waals surface area contributed by atoms with Crippen LogP contribution in [-0.2, 0) is 0 Å². The number of hydrogen-bond donors (Lipinski definition) is 3. The van der Waals surface area contributed by atoms with E-state index in [0.29, 0.717) is 18.4 Å². The van der Waals surface area contributed by atoms with Crippen LogP contribution in [0.4, 0.5) is 11.6 Å². The Morgan fingerprint density at radius 3 is 2.45 bits per heavy atom. The number of aliphatic hydroxyl groups excluding tert-OH is 1. The highest BCUT2D eigenvalue weighted by Crippen LogP contribution is 2.33. The van der Waals surface area contributed by atoms with Crippen LogP contribution in [-0.4, -0.2) is 34.3 Å². The van der Waals surface area contributed by atoms with Gasteiger partial charge in [-0.3, -0.25) is 0 Å². The lowest BCUT2D eigenvalue weighted by Crippen LogP contribution is -2.23. The number of nitrogens with one attached hydrogen (secondary N) is 2. The standard InChI is InChI=1S/C15H26N4O/c1-4-7-16-14-13(10(2)3)15(19-9-18-14)17-8-12(20)11-5-6-11/h9-12,20H,4-8H2,1-3H3,(H2,16,17,18,19). The van der Waals surface area contributed by atoms with Crippen LogP contribution in [0.5, 0.6) is 0 Å². The molecule has 0 aromatic carbocycles. The lowest BCUT2D eigenvalue weighted by atomic mass is 10.0. The Bertz CT molecular complexity index is 432. The van der Waals surface area contributed by atoms with Crippen molar-refractivity contribution in [1.29, 1.82) is 0 Å². The van der Waals surface area contributed by atoms with Gasteiger partial charge in [0.1, 0.15) is 18.0 Å². The molecule has 1 saturated carbocycles. The van der Waals surface area contributed by atoms with Gasteiger partial charge < -0.3 is 15.7 Å². The number of aliphatic hydroxyl groups is 1. The zero-order valence-corrected chi connectivity index (χ0v) is 12.7. The Balaban J connectivity index is 2.08. The van der Waals surface area contributed by atoms with Gasteiger partial charge in [0.05, 0.1) is 6.10 Å². The minimum Gasteiger partial charge on any atom is -0.391 e. The molecule has 1 unspecified atom stereocenters. The van der Waals surface area contributed by atoms with Crippen molar-refractivity contribution < 1.29 is 5.11 Å². The van der Waals surface area contributed by atoms with Gasteiger partial charge in [-0.2, -0.15) is 0 Å². The van der Waals surface area contributed by atoms with Crippen molar-refractivity contribution in [2.24, 2.45) is 5.92 Å². The predicted octanol–water partition coefficient (Wildman–Crippen LogP) is 2.60. The second-order valence-electron chi connectivity index (χ2n) is 5.85. The van der Waals surface area contributed by atoms with E-state index in [2.05, 4.69) is 41.4 Å². The first kappa shape index (κ1) is 15.0. The van der Waals surface area contributed by atoms with E-state index < -0.39 is 0 Å². The highest BCUT2D eigenvalue weighted by molar-refractivity contribution is 5.59. The largest absolute Gasteiger partial charge is 0.391 e. The van der Waals surface area contributed by atoms with Crippen LogP contribution in [0.2, 0.25) is 0 Å². The molecular formula is C15H26N4O. The molecule has 3 N–H and O–H groups in total. The monoisotopic (exact) mass is 278 g/mol. The van der Waals surface area contributed by atoms with E-state index in [1.165, 1.54) is 0 Å². The van der Waals surface area contributed by atoms with Crippen LogP contribution in [0.15, 0.2) is 6.33 Å². The van der Waals surface area contributed by atoms with E-state index in [4.69, 9.17) is 0 Å². The van der Waals surface area contributed by atoms with Crippen LogP contribution in [0.3, 0.4) is 0 Å². The van der Waals surface area contributed by atoms with Crippen molar-refractivity contribution >= 4 is 11.6 Å². The van der Waals surface area contributed by atoms with Gasteiger partial charge in [-0.05, 0) is 31.1 Å². The van der Waals surface area contributed by atoms with Gasteiger partial charge in [-0.15, -0.1) is 0 Å². The number of hydrogen-bond acceptors (Lipinski definition) is 5. The molecule has 0 radical (unpaired) electrons. The zero-order chi connectivity index (χ0) is 14.5. The lowest BCUT2D eigenvalue weighted by molar-refractivity contribution is 0.164. The number of aromatic nitrogens is 2. The summed E-state index contributed by atoms with van der Waals surface area (Å²) in [5, 5.41) is 16.6. The maximum Gasteiger partial charge on any atom is 0.135 e. The molecule has 5 nitrogen and oxygen atoms in total. The van der Waals surface area contributed by atoms with Gasteiger partial charge >= 0.3 is 0 Å². The topological polar surface area (TPSA) is 70.1 Å². The summed E-state index contributed by atoms with van der Waals surface area (Å²) >= 11 is 0. The van der Waals surface area contributed by atoms with Crippen molar-refractivity contribution in [1.82, 2.24) is 9.97 Å². The molecule has 1 aliphatic carbocycles. The van der Waals surface area contributed by atoms with E-state index >= 15 is 0 Å². The van der Waals surface area contributed by atoms with Crippen molar-refractivity contribution in [2.75, 3.05) is 23.7 Å². The molecule has 5 heteroatoms. The third-order valence-corrected chi connectivity index (χ3v) is 3.65. The Morgan fingerprint density at radius 1 is 1.25 bits per heavy atom. The van der Waals surface area contributed by atoms with Gasteiger partial charge in [0.15, 0.2) is 0 Å². The van der Waals surface area contributed by atoms with Gasteiger partial charge in [0.2, 0.25) is 0 Å². The number of anilines is 2. The lowest BCUT2D eigenvalue weighted by Gasteiger charge is -2.19. The summed E-state index contributed by atoms with van der Waals surface area (Å²) in [4.78, 5) is 8.69. The Hall–Kier alpha value is -1.36. The maximum absolute atomic E-state index is 9.97. The zero-order valence-electron chi connectivity index (χ0n) is 12.7. The predicted molar refractivity (Wildman–Crippen MR) is 82.1 cm³/mol. The molecule has 2 rings (SSSR count). The van der Waals surface area contributed by atoms with Gasteiger partial charge in [0.25, 0.3) is 0 Å². The first-order chi connectivity index (χ1) is 9.63. The molecule has 0 spiro atoms. The molecule has 1 aromatic rings. The van der Waals surface area contributed by atoms with Gasteiger partial charge in [-0.1, -0.05) is 20.8 Å².